The topological polar surface area (TPSA) is 40.5 Å². The molecule has 0 aromatic heterocycles. The molecule has 1 aromatic carbocycles. The molecule has 1 unspecified atom stereocenters. The highest BCUT2D eigenvalue weighted by Crippen LogP contribution is 2.29. The predicted octanol–water partition coefficient (Wildman–Crippen LogP) is 2.76. The molecule has 2 rings (SSSR count). The van der Waals surface area contributed by atoms with Crippen LogP contribution in [-0.2, 0) is 0 Å². The molecule has 0 bridgehead atoms. The van der Waals surface area contributed by atoms with E-state index in [1.807, 2.05) is 4.90 Å². The zero-order valence-corrected chi connectivity index (χ0v) is 9.82. The van der Waals surface area contributed by atoms with Gasteiger partial charge in [0, 0.05) is 13.1 Å². The molecule has 4 heteroatoms. The van der Waals surface area contributed by atoms with E-state index in [0.29, 0.717) is 11.6 Å². The number of hydrogen-bond acceptors (Lipinski definition) is 2. The number of carboxylic acid groups (broad SMARTS) is 1. The first-order valence-corrected chi connectivity index (χ1v) is 5.90. The first-order chi connectivity index (χ1) is 8.13. The average molecular weight is 237 g/mol. The lowest BCUT2D eigenvalue weighted by molar-refractivity contribution is 0.0692. The minimum atomic E-state index is -1.20. The average Bonchev–Trinajstić information content (AvgIpc) is 2.76. The van der Waals surface area contributed by atoms with Crippen molar-refractivity contribution in [1.29, 1.82) is 0 Å². The van der Waals surface area contributed by atoms with Gasteiger partial charge in [-0.25, -0.2) is 9.18 Å². The van der Waals surface area contributed by atoms with Crippen LogP contribution in [0.15, 0.2) is 18.2 Å². The van der Waals surface area contributed by atoms with Gasteiger partial charge in [0.05, 0.1) is 5.69 Å². The zero-order chi connectivity index (χ0) is 12.4. The van der Waals surface area contributed by atoms with Crippen LogP contribution in [0.25, 0.3) is 0 Å². The molecule has 92 valence electrons. The second kappa shape index (κ2) is 4.73. The van der Waals surface area contributed by atoms with Crippen LogP contribution in [-0.4, -0.2) is 24.2 Å². The van der Waals surface area contributed by atoms with Crippen molar-refractivity contribution in [2.45, 2.75) is 19.8 Å². The highest BCUT2D eigenvalue weighted by Gasteiger charge is 2.26. The molecule has 0 amide bonds. The van der Waals surface area contributed by atoms with Crippen LogP contribution in [0, 0.1) is 11.7 Å². The van der Waals surface area contributed by atoms with Gasteiger partial charge in [0.25, 0.3) is 0 Å². The van der Waals surface area contributed by atoms with Crippen molar-refractivity contribution in [3.05, 3.63) is 29.6 Å². The van der Waals surface area contributed by atoms with E-state index in [9.17, 15) is 9.18 Å². The fourth-order valence-electron chi connectivity index (χ4n) is 2.37. The summed E-state index contributed by atoms with van der Waals surface area (Å²) in [6.45, 7) is 3.75. The van der Waals surface area contributed by atoms with Crippen LogP contribution < -0.4 is 4.90 Å². The van der Waals surface area contributed by atoms with Gasteiger partial charge in [-0.15, -0.1) is 0 Å². The first-order valence-electron chi connectivity index (χ1n) is 5.90. The summed E-state index contributed by atoms with van der Waals surface area (Å²) in [7, 11) is 0. The predicted molar refractivity (Wildman–Crippen MR) is 64.0 cm³/mol. The molecule has 3 nitrogen and oxygen atoms in total. The molecule has 1 saturated heterocycles. The molecule has 1 aliphatic heterocycles. The van der Waals surface area contributed by atoms with Crippen molar-refractivity contribution in [2.75, 3.05) is 18.0 Å². The minimum absolute atomic E-state index is 0.204. The molecule has 0 spiro atoms. The van der Waals surface area contributed by atoms with Gasteiger partial charge in [-0.05, 0) is 24.5 Å². The summed E-state index contributed by atoms with van der Waals surface area (Å²) in [6, 6.07) is 4.45. The molecule has 0 saturated carbocycles. The quantitative estimate of drug-likeness (QED) is 0.878. The van der Waals surface area contributed by atoms with Crippen LogP contribution in [0.1, 0.15) is 30.1 Å². The lowest BCUT2D eigenvalue weighted by Gasteiger charge is -2.20. The third-order valence-electron chi connectivity index (χ3n) is 3.41. The van der Waals surface area contributed by atoms with Crippen molar-refractivity contribution in [3.63, 3.8) is 0 Å². The Morgan fingerprint density at radius 1 is 1.59 bits per heavy atom. The van der Waals surface area contributed by atoms with Gasteiger partial charge in [0.1, 0.15) is 11.4 Å². The summed E-state index contributed by atoms with van der Waals surface area (Å²) < 4.78 is 13.5. The van der Waals surface area contributed by atoms with Gasteiger partial charge in [-0.1, -0.05) is 19.4 Å². The SMILES string of the molecule is CCC1CCN(c2cccc(F)c2C(=O)O)C1. The van der Waals surface area contributed by atoms with E-state index in [2.05, 4.69) is 6.92 Å². The van der Waals surface area contributed by atoms with E-state index in [-0.39, 0.29) is 5.56 Å². The molecule has 1 fully saturated rings. The van der Waals surface area contributed by atoms with Gasteiger partial charge >= 0.3 is 5.97 Å². The Kier molecular flexibility index (Phi) is 3.31. The monoisotopic (exact) mass is 237 g/mol. The number of aromatic carboxylic acids is 1. The van der Waals surface area contributed by atoms with Crippen LogP contribution in [0.2, 0.25) is 0 Å². The van der Waals surface area contributed by atoms with Crippen LogP contribution in [0.5, 0.6) is 0 Å². The van der Waals surface area contributed by atoms with Crippen molar-refractivity contribution >= 4 is 11.7 Å². The molecule has 1 aromatic rings. The smallest absolute Gasteiger partial charge is 0.340 e. The van der Waals surface area contributed by atoms with E-state index in [1.165, 1.54) is 6.07 Å². The fraction of sp³-hybridized carbons (Fsp3) is 0.462. The summed E-state index contributed by atoms with van der Waals surface area (Å²) in [4.78, 5) is 13.1. The van der Waals surface area contributed by atoms with Crippen LogP contribution >= 0.6 is 0 Å². The largest absolute Gasteiger partial charge is 0.478 e. The Labute approximate surface area is 99.9 Å². The van der Waals surface area contributed by atoms with Gasteiger partial charge in [0.2, 0.25) is 0 Å². The van der Waals surface area contributed by atoms with Crippen molar-refractivity contribution in [3.8, 4) is 0 Å². The highest BCUT2D eigenvalue weighted by atomic mass is 19.1. The van der Waals surface area contributed by atoms with Crippen LogP contribution in [0.3, 0.4) is 0 Å². The molecular weight excluding hydrogens is 221 g/mol. The number of nitrogens with zero attached hydrogens (tertiary/aromatic N) is 1. The highest BCUT2D eigenvalue weighted by molar-refractivity contribution is 5.94. The Hall–Kier alpha value is -1.58. The number of carboxylic acids is 1. The number of halogens is 1. The normalized spacial score (nSPS) is 19.6. The van der Waals surface area contributed by atoms with E-state index in [1.54, 1.807) is 12.1 Å². The first kappa shape index (κ1) is 11.9. The van der Waals surface area contributed by atoms with Gasteiger partial charge < -0.3 is 10.0 Å². The van der Waals surface area contributed by atoms with E-state index in [0.717, 1.165) is 25.9 Å². The molecule has 0 radical (unpaired) electrons. The molecule has 17 heavy (non-hydrogen) atoms. The maximum Gasteiger partial charge on any atom is 0.340 e. The van der Waals surface area contributed by atoms with Gasteiger partial charge in [-0.3, -0.25) is 0 Å². The summed E-state index contributed by atoms with van der Waals surface area (Å²) in [5, 5.41) is 9.06. The minimum Gasteiger partial charge on any atom is -0.478 e. The van der Waals surface area contributed by atoms with Gasteiger partial charge in [-0.2, -0.15) is 0 Å². The molecule has 1 atom stereocenters. The van der Waals surface area contributed by atoms with Crippen LogP contribution in [0.4, 0.5) is 10.1 Å². The van der Waals surface area contributed by atoms with Gasteiger partial charge in [0.15, 0.2) is 0 Å². The second-order valence-corrected chi connectivity index (χ2v) is 4.45. The lowest BCUT2D eigenvalue weighted by Crippen LogP contribution is -2.22. The fourth-order valence-corrected chi connectivity index (χ4v) is 2.37. The Bertz CT molecular complexity index is 433. The third-order valence-corrected chi connectivity index (χ3v) is 3.41. The number of benzene rings is 1. The van der Waals surface area contributed by atoms with Crippen molar-refractivity contribution in [1.82, 2.24) is 0 Å². The van der Waals surface area contributed by atoms with Crippen molar-refractivity contribution in [2.24, 2.45) is 5.92 Å². The second-order valence-electron chi connectivity index (χ2n) is 4.45. The lowest BCUT2D eigenvalue weighted by atomic mass is 10.1. The summed E-state index contributed by atoms with van der Waals surface area (Å²) in [6.07, 6.45) is 2.13. The molecule has 1 N–H and O–H groups in total. The molecule has 1 aliphatic rings. The van der Waals surface area contributed by atoms with E-state index in [4.69, 9.17) is 5.11 Å². The molecular formula is C13H16FNO2. The maximum atomic E-state index is 13.5. The standard InChI is InChI=1S/C13H16FNO2/c1-2-9-6-7-15(8-9)11-5-3-4-10(14)12(11)13(16)17/h3-5,9H,2,6-8H2,1H3,(H,16,17). The number of hydrogen-bond donors (Lipinski definition) is 1. The van der Waals surface area contributed by atoms with E-state index < -0.39 is 11.8 Å². The Balaban J connectivity index is 2.33. The number of carbonyl (C=O) groups is 1. The summed E-state index contributed by atoms with van der Waals surface area (Å²) in [5.74, 6) is -1.27. The third kappa shape index (κ3) is 2.25. The number of anilines is 1. The molecule has 0 aliphatic carbocycles. The van der Waals surface area contributed by atoms with E-state index >= 15 is 0 Å². The number of rotatable bonds is 3. The summed E-state index contributed by atoms with van der Waals surface area (Å²) >= 11 is 0. The molecule has 1 heterocycles. The zero-order valence-electron chi connectivity index (χ0n) is 9.82. The van der Waals surface area contributed by atoms with Crippen molar-refractivity contribution < 1.29 is 14.3 Å². The Morgan fingerprint density at radius 2 is 2.35 bits per heavy atom. The summed E-state index contributed by atoms with van der Waals surface area (Å²) in [5.41, 5.74) is 0.303. The Morgan fingerprint density at radius 3 is 2.94 bits per heavy atom. The maximum absolute atomic E-state index is 13.5.